The summed E-state index contributed by atoms with van der Waals surface area (Å²) < 4.78 is 6.26. The zero-order valence-electron chi connectivity index (χ0n) is 8.44. The molecule has 0 spiro atoms. The second-order valence-electron chi connectivity index (χ2n) is 3.17. The highest BCUT2D eigenvalue weighted by Crippen LogP contribution is 2.12. The van der Waals surface area contributed by atoms with Crippen LogP contribution in [0.2, 0.25) is 0 Å². The SMILES string of the molecule is CC[C@H](OCc1ccc(Br)cc1)C(=O)O. The maximum atomic E-state index is 10.7. The summed E-state index contributed by atoms with van der Waals surface area (Å²) in [6.07, 6.45) is -0.236. The van der Waals surface area contributed by atoms with E-state index in [2.05, 4.69) is 15.9 Å². The summed E-state index contributed by atoms with van der Waals surface area (Å²) in [5.74, 6) is -0.908. The highest BCUT2D eigenvalue weighted by atomic mass is 79.9. The molecule has 0 aliphatic heterocycles. The molecule has 0 heterocycles. The van der Waals surface area contributed by atoms with E-state index in [9.17, 15) is 4.79 Å². The normalized spacial score (nSPS) is 12.4. The van der Waals surface area contributed by atoms with Crippen molar-refractivity contribution in [2.75, 3.05) is 0 Å². The average Bonchev–Trinajstić information content (AvgIpc) is 2.21. The lowest BCUT2D eigenvalue weighted by molar-refractivity contribution is -0.151. The second kappa shape index (κ2) is 5.88. The van der Waals surface area contributed by atoms with Crippen molar-refractivity contribution in [3.63, 3.8) is 0 Å². The summed E-state index contributed by atoms with van der Waals surface area (Å²) in [7, 11) is 0. The molecule has 0 unspecified atom stereocenters. The van der Waals surface area contributed by atoms with Crippen molar-refractivity contribution >= 4 is 21.9 Å². The van der Waals surface area contributed by atoms with E-state index in [1.807, 2.05) is 24.3 Å². The quantitative estimate of drug-likeness (QED) is 0.897. The molecule has 0 aromatic heterocycles. The van der Waals surface area contributed by atoms with E-state index >= 15 is 0 Å². The maximum absolute atomic E-state index is 10.7. The lowest BCUT2D eigenvalue weighted by atomic mass is 10.2. The third-order valence-electron chi connectivity index (χ3n) is 2.01. The van der Waals surface area contributed by atoms with Crippen molar-refractivity contribution in [2.45, 2.75) is 26.1 Å². The molecule has 15 heavy (non-hydrogen) atoms. The number of rotatable bonds is 5. The highest BCUT2D eigenvalue weighted by molar-refractivity contribution is 9.10. The molecule has 82 valence electrons. The van der Waals surface area contributed by atoms with Gasteiger partial charge in [0.2, 0.25) is 0 Å². The lowest BCUT2D eigenvalue weighted by Gasteiger charge is -2.11. The van der Waals surface area contributed by atoms with Crippen LogP contribution in [0.4, 0.5) is 0 Å². The summed E-state index contributed by atoms with van der Waals surface area (Å²) in [6, 6.07) is 7.61. The molecule has 1 rings (SSSR count). The fourth-order valence-corrected chi connectivity index (χ4v) is 1.41. The Morgan fingerprint density at radius 3 is 2.53 bits per heavy atom. The molecule has 0 amide bonds. The van der Waals surface area contributed by atoms with Crippen LogP contribution in [0.15, 0.2) is 28.7 Å². The van der Waals surface area contributed by atoms with Crippen LogP contribution in [0, 0.1) is 0 Å². The number of carboxylic acids is 1. The van der Waals surface area contributed by atoms with E-state index in [0.717, 1.165) is 10.0 Å². The van der Waals surface area contributed by atoms with Crippen LogP contribution in [-0.2, 0) is 16.1 Å². The highest BCUT2D eigenvalue weighted by Gasteiger charge is 2.14. The molecular weight excluding hydrogens is 260 g/mol. The minimum atomic E-state index is -0.908. The molecule has 0 bridgehead atoms. The van der Waals surface area contributed by atoms with Gasteiger partial charge in [0.15, 0.2) is 6.10 Å². The van der Waals surface area contributed by atoms with Gasteiger partial charge in [0.1, 0.15) is 0 Å². The minimum absolute atomic E-state index is 0.331. The summed E-state index contributed by atoms with van der Waals surface area (Å²) in [5, 5.41) is 8.76. The number of benzene rings is 1. The van der Waals surface area contributed by atoms with Crippen LogP contribution >= 0.6 is 15.9 Å². The molecule has 4 heteroatoms. The van der Waals surface area contributed by atoms with E-state index in [0.29, 0.717) is 13.0 Å². The molecule has 3 nitrogen and oxygen atoms in total. The Labute approximate surface area is 97.2 Å². The average molecular weight is 273 g/mol. The summed E-state index contributed by atoms with van der Waals surface area (Å²) >= 11 is 3.33. The molecule has 1 N–H and O–H groups in total. The van der Waals surface area contributed by atoms with Gasteiger partial charge in [-0.1, -0.05) is 35.0 Å². The largest absolute Gasteiger partial charge is 0.479 e. The molecule has 0 fully saturated rings. The molecular formula is C11H13BrO3. The molecule has 0 saturated carbocycles. The minimum Gasteiger partial charge on any atom is -0.479 e. The topological polar surface area (TPSA) is 46.5 Å². The third kappa shape index (κ3) is 4.01. The molecule has 1 aromatic rings. The smallest absolute Gasteiger partial charge is 0.332 e. The summed E-state index contributed by atoms with van der Waals surface area (Å²) in [6.45, 7) is 2.12. The second-order valence-corrected chi connectivity index (χ2v) is 4.09. The fraction of sp³-hybridized carbons (Fsp3) is 0.364. The van der Waals surface area contributed by atoms with Gasteiger partial charge in [0.05, 0.1) is 6.61 Å². The number of halogens is 1. The van der Waals surface area contributed by atoms with E-state index in [1.54, 1.807) is 6.92 Å². The van der Waals surface area contributed by atoms with Crippen molar-refractivity contribution in [3.8, 4) is 0 Å². The fourth-order valence-electron chi connectivity index (χ4n) is 1.14. The zero-order chi connectivity index (χ0) is 11.3. The van der Waals surface area contributed by atoms with Gasteiger partial charge in [-0.2, -0.15) is 0 Å². The Morgan fingerprint density at radius 2 is 2.07 bits per heavy atom. The van der Waals surface area contributed by atoms with E-state index in [1.165, 1.54) is 0 Å². The number of carbonyl (C=O) groups is 1. The maximum Gasteiger partial charge on any atom is 0.332 e. The van der Waals surface area contributed by atoms with Gasteiger partial charge in [-0.3, -0.25) is 0 Å². The Bertz CT molecular complexity index is 321. The van der Waals surface area contributed by atoms with Gasteiger partial charge >= 0.3 is 5.97 Å². The first-order valence-corrected chi connectivity index (χ1v) is 5.51. The van der Waals surface area contributed by atoms with Crippen molar-refractivity contribution < 1.29 is 14.6 Å². The number of hydrogen-bond acceptors (Lipinski definition) is 2. The predicted octanol–water partition coefficient (Wildman–Crippen LogP) is 2.83. The third-order valence-corrected chi connectivity index (χ3v) is 2.54. The molecule has 0 radical (unpaired) electrons. The van der Waals surface area contributed by atoms with Crippen molar-refractivity contribution in [1.29, 1.82) is 0 Å². The Kier molecular flexibility index (Phi) is 4.78. The summed E-state index contributed by atoms with van der Waals surface area (Å²) in [4.78, 5) is 10.7. The van der Waals surface area contributed by atoms with Gasteiger partial charge in [-0.15, -0.1) is 0 Å². The van der Waals surface area contributed by atoms with Crippen molar-refractivity contribution in [1.82, 2.24) is 0 Å². The first kappa shape index (κ1) is 12.2. The van der Waals surface area contributed by atoms with Gasteiger partial charge in [0.25, 0.3) is 0 Å². The summed E-state index contributed by atoms with van der Waals surface area (Å²) in [5.41, 5.74) is 0.970. The molecule has 0 aliphatic carbocycles. The van der Waals surface area contributed by atoms with E-state index in [-0.39, 0.29) is 0 Å². The number of hydrogen-bond donors (Lipinski definition) is 1. The van der Waals surface area contributed by atoms with Crippen molar-refractivity contribution in [2.24, 2.45) is 0 Å². The molecule has 1 atom stereocenters. The van der Waals surface area contributed by atoms with Gasteiger partial charge in [0, 0.05) is 4.47 Å². The van der Waals surface area contributed by atoms with Crippen LogP contribution in [0.25, 0.3) is 0 Å². The number of carboxylic acid groups (broad SMARTS) is 1. The zero-order valence-corrected chi connectivity index (χ0v) is 10.0. The van der Waals surface area contributed by atoms with Crippen molar-refractivity contribution in [3.05, 3.63) is 34.3 Å². The van der Waals surface area contributed by atoms with Crippen LogP contribution < -0.4 is 0 Å². The first-order valence-electron chi connectivity index (χ1n) is 4.72. The molecule has 0 saturated heterocycles. The first-order chi connectivity index (χ1) is 7.13. The van der Waals surface area contributed by atoms with Gasteiger partial charge in [-0.25, -0.2) is 4.79 Å². The van der Waals surface area contributed by atoms with E-state index < -0.39 is 12.1 Å². The van der Waals surface area contributed by atoms with Crippen LogP contribution in [0.1, 0.15) is 18.9 Å². The Hall–Kier alpha value is -0.870. The lowest BCUT2D eigenvalue weighted by Crippen LogP contribution is -2.22. The van der Waals surface area contributed by atoms with Gasteiger partial charge in [-0.05, 0) is 24.1 Å². The molecule has 0 aliphatic rings. The van der Waals surface area contributed by atoms with Crippen LogP contribution in [-0.4, -0.2) is 17.2 Å². The molecule has 1 aromatic carbocycles. The van der Waals surface area contributed by atoms with Crippen LogP contribution in [0.5, 0.6) is 0 Å². The van der Waals surface area contributed by atoms with Crippen LogP contribution in [0.3, 0.4) is 0 Å². The number of ether oxygens (including phenoxy) is 1. The standard InChI is InChI=1S/C11H13BrO3/c1-2-10(11(13)14)15-7-8-3-5-9(12)6-4-8/h3-6,10H,2,7H2,1H3,(H,13,14)/t10-/m0/s1. The van der Waals surface area contributed by atoms with E-state index in [4.69, 9.17) is 9.84 Å². The van der Waals surface area contributed by atoms with Gasteiger partial charge < -0.3 is 9.84 Å². The Balaban J connectivity index is 2.49. The Morgan fingerprint density at radius 1 is 1.47 bits per heavy atom. The number of aliphatic carboxylic acids is 1. The monoisotopic (exact) mass is 272 g/mol. The predicted molar refractivity (Wildman–Crippen MR) is 60.6 cm³/mol.